The van der Waals surface area contributed by atoms with Gasteiger partial charge >= 0.3 is 12.1 Å². The first kappa shape index (κ1) is 28.9. The predicted octanol–water partition coefficient (Wildman–Crippen LogP) is 3.49. The van der Waals surface area contributed by atoms with Crippen LogP contribution in [0.2, 0.25) is 0 Å². The molecular formula is C26H26F3N5O5. The number of aliphatic imine (C=N–C) groups is 1. The quantitative estimate of drug-likeness (QED) is 0.284. The summed E-state index contributed by atoms with van der Waals surface area (Å²) in [5, 5.41) is 21.0. The smallest absolute Gasteiger partial charge is 0.490 e. The Bertz CT molecular complexity index is 1440. The number of nitrogens with zero attached hydrogens (tertiary/aromatic N) is 3. The molecule has 0 spiro atoms. The number of halogens is 3. The van der Waals surface area contributed by atoms with Crippen molar-refractivity contribution in [2.45, 2.75) is 6.18 Å². The Balaban J connectivity index is 0.000000532. The van der Waals surface area contributed by atoms with E-state index in [1.165, 1.54) is 6.21 Å². The summed E-state index contributed by atoms with van der Waals surface area (Å²) in [6.07, 6.45) is -2.41. The largest absolute Gasteiger partial charge is 0.494 e. The normalized spacial score (nSPS) is 14.1. The Hall–Kier alpha value is -4.65. The molecule has 4 N–H and O–H groups in total. The standard InChI is InChI=1S/C24H25N5O3.C2HF3O2/c1-3-22(30)26-17-6-9-19-20(14-17)21(24(32)27-23(19)31)15-25-16-4-7-18(8-5-16)29-12-10-28(2)11-13-29;3-2(4,5)1(6)7/h3-9,14-15H,1,10-13H2,2H3,(H,26,30)(H2,27,31,32);(H,6,7). The van der Waals surface area contributed by atoms with Crippen LogP contribution in [0.4, 0.5) is 30.2 Å². The maximum Gasteiger partial charge on any atom is 0.490 e. The Labute approximate surface area is 220 Å². The van der Waals surface area contributed by atoms with Crippen molar-refractivity contribution in [3.8, 4) is 5.88 Å². The van der Waals surface area contributed by atoms with Crippen molar-refractivity contribution in [2.24, 2.45) is 4.99 Å². The van der Waals surface area contributed by atoms with Gasteiger partial charge in [-0.3, -0.25) is 19.6 Å². The molecule has 0 saturated carbocycles. The highest BCUT2D eigenvalue weighted by atomic mass is 19.4. The van der Waals surface area contributed by atoms with Crippen LogP contribution < -0.4 is 15.8 Å². The van der Waals surface area contributed by atoms with Crippen LogP contribution >= 0.6 is 0 Å². The van der Waals surface area contributed by atoms with Crippen molar-refractivity contribution in [3.05, 3.63) is 71.0 Å². The first-order chi connectivity index (χ1) is 18.4. The van der Waals surface area contributed by atoms with Gasteiger partial charge in [0.05, 0.1) is 11.3 Å². The fourth-order valence-corrected chi connectivity index (χ4v) is 3.69. The summed E-state index contributed by atoms with van der Waals surface area (Å²) in [7, 11) is 2.13. The van der Waals surface area contributed by atoms with Crippen LogP contribution in [0.25, 0.3) is 10.8 Å². The second-order valence-corrected chi connectivity index (χ2v) is 8.54. The lowest BCUT2D eigenvalue weighted by molar-refractivity contribution is -0.192. The van der Waals surface area contributed by atoms with E-state index in [2.05, 4.69) is 38.7 Å². The summed E-state index contributed by atoms with van der Waals surface area (Å²) < 4.78 is 31.7. The number of aromatic amines is 1. The number of piperazine rings is 1. The highest BCUT2D eigenvalue weighted by Crippen LogP contribution is 2.26. The third-order valence-corrected chi connectivity index (χ3v) is 5.80. The van der Waals surface area contributed by atoms with Crippen LogP contribution in [-0.2, 0) is 9.59 Å². The number of benzene rings is 2. The average Bonchev–Trinajstić information content (AvgIpc) is 2.89. The molecule has 13 heteroatoms. The molecule has 1 aromatic heterocycles. The number of hydrogen-bond donors (Lipinski definition) is 4. The molecule has 1 saturated heterocycles. The Morgan fingerprint density at radius 1 is 1.08 bits per heavy atom. The number of anilines is 2. The number of aliphatic carboxylic acids is 1. The molecule has 2 heterocycles. The molecule has 1 amide bonds. The van der Waals surface area contributed by atoms with Gasteiger partial charge in [-0.25, -0.2) is 4.79 Å². The third kappa shape index (κ3) is 7.68. The van der Waals surface area contributed by atoms with Gasteiger partial charge in [-0.1, -0.05) is 6.58 Å². The first-order valence-corrected chi connectivity index (χ1v) is 11.6. The van der Waals surface area contributed by atoms with Crippen molar-refractivity contribution < 1.29 is 33.0 Å². The average molecular weight is 546 g/mol. The molecule has 0 aliphatic carbocycles. The number of pyridine rings is 1. The zero-order chi connectivity index (χ0) is 28.7. The van der Waals surface area contributed by atoms with Crippen molar-refractivity contribution in [2.75, 3.05) is 43.4 Å². The number of fused-ring (bicyclic) bond motifs is 1. The second kappa shape index (κ2) is 12.3. The molecule has 206 valence electrons. The van der Waals surface area contributed by atoms with Gasteiger partial charge in [-0.15, -0.1) is 0 Å². The molecule has 1 aliphatic heterocycles. The van der Waals surface area contributed by atoms with E-state index < -0.39 is 17.7 Å². The van der Waals surface area contributed by atoms with Crippen LogP contribution in [0.1, 0.15) is 5.56 Å². The number of alkyl halides is 3. The highest BCUT2D eigenvalue weighted by Gasteiger charge is 2.38. The minimum absolute atomic E-state index is 0.285. The minimum Gasteiger partial charge on any atom is -0.494 e. The number of rotatable bonds is 5. The summed E-state index contributed by atoms with van der Waals surface area (Å²) >= 11 is 0. The van der Waals surface area contributed by atoms with E-state index in [1.807, 2.05) is 24.3 Å². The van der Waals surface area contributed by atoms with Gasteiger partial charge in [0.2, 0.25) is 11.8 Å². The molecule has 2 aromatic carbocycles. The Morgan fingerprint density at radius 3 is 2.26 bits per heavy atom. The monoisotopic (exact) mass is 545 g/mol. The van der Waals surface area contributed by atoms with Crippen LogP contribution in [0.15, 0.2) is 64.9 Å². The molecule has 10 nitrogen and oxygen atoms in total. The van der Waals surface area contributed by atoms with Gasteiger partial charge in [0.15, 0.2) is 0 Å². The fraction of sp³-hybridized carbons (Fsp3) is 0.231. The number of H-pyrrole nitrogens is 1. The molecule has 0 atom stereocenters. The topological polar surface area (TPSA) is 138 Å². The lowest BCUT2D eigenvalue weighted by Gasteiger charge is -2.34. The summed E-state index contributed by atoms with van der Waals surface area (Å²) in [5.41, 5.74) is 2.29. The number of aromatic nitrogens is 1. The molecule has 0 bridgehead atoms. The maximum atomic E-state index is 12.3. The lowest BCUT2D eigenvalue weighted by atomic mass is 10.1. The van der Waals surface area contributed by atoms with Gasteiger partial charge in [0, 0.05) is 54.5 Å². The van der Waals surface area contributed by atoms with Gasteiger partial charge in [-0.2, -0.15) is 13.2 Å². The maximum absolute atomic E-state index is 12.3. The van der Waals surface area contributed by atoms with E-state index in [4.69, 9.17) is 9.90 Å². The van der Waals surface area contributed by atoms with E-state index >= 15 is 0 Å². The van der Waals surface area contributed by atoms with Gasteiger partial charge < -0.3 is 25.3 Å². The van der Waals surface area contributed by atoms with Crippen molar-refractivity contribution >= 4 is 45.9 Å². The van der Waals surface area contributed by atoms with Crippen LogP contribution in [0.3, 0.4) is 0 Å². The molecule has 39 heavy (non-hydrogen) atoms. The van der Waals surface area contributed by atoms with Gasteiger partial charge in [0.25, 0.3) is 5.56 Å². The van der Waals surface area contributed by atoms with Gasteiger partial charge in [0.1, 0.15) is 0 Å². The number of carboxylic acids is 1. The first-order valence-electron chi connectivity index (χ1n) is 11.6. The Kier molecular flexibility index (Phi) is 9.09. The fourth-order valence-electron chi connectivity index (χ4n) is 3.69. The molecular weight excluding hydrogens is 519 g/mol. The lowest BCUT2D eigenvalue weighted by Crippen LogP contribution is -2.44. The zero-order valence-electron chi connectivity index (χ0n) is 20.8. The number of likely N-dealkylation sites (N-methyl/N-ethyl adjacent to an activating group) is 1. The van der Waals surface area contributed by atoms with Gasteiger partial charge in [-0.05, 0) is 55.6 Å². The van der Waals surface area contributed by atoms with E-state index in [0.29, 0.717) is 22.0 Å². The van der Waals surface area contributed by atoms with E-state index in [9.17, 15) is 27.9 Å². The molecule has 0 radical (unpaired) electrons. The SMILES string of the molecule is C=CC(=O)Nc1ccc2c(=O)[nH]c(O)c(C=Nc3ccc(N4CCN(C)CC4)cc3)c2c1.O=C(O)C(F)(F)F. The number of carbonyl (C=O) groups is 2. The summed E-state index contributed by atoms with van der Waals surface area (Å²) in [6, 6.07) is 12.7. The second-order valence-electron chi connectivity index (χ2n) is 8.54. The summed E-state index contributed by atoms with van der Waals surface area (Å²) in [5.74, 6) is -3.41. The number of hydrogen-bond acceptors (Lipinski definition) is 7. The van der Waals surface area contributed by atoms with Crippen LogP contribution in [0, 0.1) is 0 Å². The third-order valence-electron chi connectivity index (χ3n) is 5.80. The summed E-state index contributed by atoms with van der Waals surface area (Å²) in [6.45, 7) is 7.48. The number of carboxylic acid groups (broad SMARTS) is 1. The Morgan fingerprint density at radius 2 is 1.69 bits per heavy atom. The minimum atomic E-state index is -5.08. The van der Waals surface area contributed by atoms with Crippen molar-refractivity contribution in [1.82, 2.24) is 9.88 Å². The summed E-state index contributed by atoms with van der Waals surface area (Å²) in [4.78, 5) is 44.4. The highest BCUT2D eigenvalue weighted by molar-refractivity contribution is 6.05. The molecule has 1 fully saturated rings. The number of aromatic hydroxyl groups is 1. The molecule has 3 aromatic rings. The predicted molar refractivity (Wildman–Crippen MR) is 142 cm³/mol. The van der Waals surface area contributed by atoms with E-state index in [-0.39, 0.29) is 11.8 Å². The molecule has 4 rings (SSSR count). The van der Waals surface area contributed by atoms with Crippen LogP contribution in [0.5, 0.6) is 5.88 Å². The number of amides is 1. The van der Waals surface area contributed by atoms with E-state index in [1.54, 1.807) is 18.2 Å². The van der Waals surface area contributed by atoms with E-state index in [0.717, 1.165) is 43.6 Å². The zero-order valence-corrected chi connectivity index (χ0v) is 20.8. The number of nitrogens with one attached hydrogen (secondary N) is 2. The molecule has 0 unspecified atom stereocenters. The number of carbonyl (C=O) groups excluding carboxylic acids is 1. The molecule has 1 aliphatic rings. The van der Waals surface area contributed by atoms with Crippen LogP contribution in [-0.4, -0.2) is 77.6 Å². The van der Waals surface area contributed by atoms with Crippen molar-refractivity contribution in [3.63, 3.8) is 0 Å². The van der Waals surface area contributed by atoms with Crippen molar-refractivity contribution in [1.29, 1.82) is 0 Å².